The van der Waals surface area contributed by atoms with Gasteiger partial charge in [-0.25, -0.2) is 0 Å². The third kappa shape index (κ3) is 3.53. The van der Waals surface area contributed by atoms with Gasteiger partial charge in [0.25, 0.3) is 0 Å². The number of Topliss-reactive ketones (excluding diaryl/α,β-unsaturated/α-hetero) is 1. The molecular formula is C13H17ClO2. The fraction of sp³-hybridized carbons (Fsp3) is 0.462. The van der Waals surface area contributed by atoms with Crippen LogP contribution in [0.5, 0.6) is 5.75 Å². The molecule has 0 fully saturated rings. The Hall–Kier alpha value is -1.02. The smallest absolute Gasteiger partial charge is 0.150 e. The number of ether oxygens (including phenoxy) is 1. The molecule has 2 nitrogen and oxygen atoms in total. The molecular weight excluding hydrogens is 224 g/mol. The van der Waals surface area contributed by atoms with Crippen LogP contribution in [0, 0.1) is 20.8 Å². The highest BCUT2D eigenvalue weighted by Crippen LogP contribution is 2.24. The van der Waals surface area contributed by atoms with E-state index in [0.717, 1.165) is 16.9 Å². The first-order chi connectivity index (χ1) is 7.54. The topological polar surface area (TPSA) is 26.3 Å². The lowest BCUT2D eigenvalue weighted by atomic mass is 10.1. The molecule has 0 aliphatic carbocycles. The maximum atomic E-state index is 11.0. The molecule has 3 heteroatoms. The zero-order valence-corrected chi connectivity index (χ0v) is 10.7. The number of carbonyl (C=O) groups is 1. The van der Waals surface area contributed by atoms with Gasteiger partial charge < -0.3 is 4.74 Å². The predicted molar refractivity (Wildman–Crippen MR) is 66.5 cm³/mol. The highest BCUT2D eigenvalue weighted by Gasteiger charge is 2.06. The molecule has 0 radical (unpaired) electrons. The summed E-state index contributed by atoms with van der Waals surface area (Å²) in [7, 11) is 0. The van der Waals surface area contributed by atoms with Crippen LogP contribution in [0.15, 0.2) is 12.1 Å². The van der Waals surface area contributed by atoms with Crippen LogP contribution in [-0.2, 0) is 4.79 Å². The summed E-state index contributed by atoms with van der Waals surface area (Å²) >= 11 is 5.41. The van der Waals surface area contributed by atoms with Crippen LogP contribution in [0.25, 0.3) is 0 Å². The van der Waals surface area contributed by atoms with Gasteiger partial charge in [0, 0.05) is 6.42 Å². The van der Waals surface area contributed by atoms with Crippen molar-refractivity contribution in [1.29, 1.82) is 0 Å². The summed E-state index contributed by atoms with van der Waals surface area (Å²) in [5.41, 5.74) is 3.44. The third-order valence-corrected chi connectivity index (χ3v) is 2.68. The summed E-state index contributed by atoms with van der Waals surface area (Å²) in [6, 6.07) is 4.15. The molecule has 16 heavy (non-hydrogen) atoms. The Kier molecular flexibility index (Phi) is 4.81. The molecule has 0 bridgehead atoms. The minimum absolute atomic E-state index is 0.0177. The Morgan fingerprint density at radius 1 is 1.25 bits per heavy atom. The van der Waals surface area contributed by atoms with Crippen molar-refractivity contribution in [1.82, 2.24) is 0 Å². The van der Waals surface area contributed by atoms with Crippen LogP contribution in [0.2, 0.25) is 0 Å². The summed E-state index contributed by atoms with van der Waals surface area (Å²) in [5.74, 6) is 0.965. The molecule has 0 N–H and O–H groups in total. The number of hydrogen-bond acceptors (Lipinski definition) is 2. The fourth-order valence-corrected chi connectivity index (χ4v) is 1.86. The minimum atomic E-state index is 0.0177. The molecule has 0 heterocycles. The summed E-state index contributed by atoms with van der Waals surface area (Å²) in [5, 5.41) is 0. The maximum Gasteiger partial charge on any atom is 0.150 e. The molecule has 1 aromatic rings. The standard InChI is InChI=1S/C13H17ClO2/c1-9-6-10(2)13(11(3)7-9)16-5-4-12(15)8-14/h6-7H,4-5,8H2,1-3H3. The van der Waals surface area contributed by atoms with Gasteiger partial charge in [0.05, 0.1) is 12.5 Å². The number of aryl methyl sites for hydroxylation is 3. The van der Waals surface area contributed by atoms with Gasteiger partial charge >= 0.3 is 0 Å². The van der Waals surface area contributed by atoms with E-state index in [-0.39, 0.29) is 11.7 Å². The number of benzene rings is 1. The van der Waals surface area contributed by atoms with Crippen molar-refractivity contribution in [2.45, 2.75) is 27.2 Å². The van der Waals surface area contributed by atoms with E-state index in [0.29, 0.717) is 13.0 Å². The number of alkyl halides is 1. The van der Waals surface area contributed by atoms with Crippen molar-refractivity contribution in [2.75, 3.05) is 12.5 Å². The Bertz CT molecular complexity index is 363. The van der Waals surface area contributed by atoms with Crippen LogP contribution in [-0.4, -0.2) is 18.3 Å². The second-order valence-electron chi connectivity index (χ2n) is 4.00. The van der Waals surface area contributed by atoms with Gasteiger partial charge in [-0.1, -0.05) is 17.7 Å². The largest absolute Gasteiger partial charge is 0.493 e. The van der Waals surface area contributed by atoms with Gasteiger partial charge in [-0.3, -0.25) is 4.79 Å². The molecule has 0 aliphatic heterocycles. The van der Waals surface area contributed by atoms with E-state index < -0.39 is 0 Å². The summed E-state index contributed by atoms with van der Waals surface area (Å²) < 4.78 is 5.62. The number of rotatable bonds is 5. The lowest BCUT2D eigenvalue weighted by molar-refractivity contribution is -0.117. The van der Waals surface area contributed by atoms with Gasteiger partial charge in [0.2, 0.25) is 0 Å². The highest BCUT2D eigenvalue weighted by molar-refractivity contribution is 6.27. The van der Waals surface area contributed by atoms with Crippen LogP contribution in [0.1, 0.15) is 23.1 Å². The lowest BCUT2D eigenvalue weighted by Gasteiger charge is -2.12. The number of carbonyl (C=O) groups excluding carboxylic acids is 1. The minimum Gasteiger partial charge on any atom is -0.493 e. The average molecular weight is 241 g/mol. The van der Waals surface area contributed by atoms with E-state index in [1.165, 1.54) is 5.56 Å². The Balaban J connectivity index is 2.64. The van der Waals surface area contributed by atoms with E-state index in [1.54, 1.807) is 0 Å². The third-order valence-electron chi connectivity index (χ3n) is 2.38. The Labute approximate surface area is 102 Å². The number of hydrogen-bond donors (Lipinski definition) is 0. The summed E-state index contributed by atoms with van der Waals surface area (Å²) in [4.78, 5) is 11.0. The zero-order chi connectivity index (χ0) is 12.1. The molecule has 1 rings (SSSR count). The summed E-state index contributed by atoms with van der Waals surface area (Å²) in [6.45, 7) is 6.48. The Morgan fingerprint density at radius 3 is 2.31 bits per heavy atom. The summed E-state index contributed by atoms with van der Waals surface area (Å²) in [6.07, 6.45) is 0.371. The van der Waals surface area contributed by atoms with Crippen molar-refractivity contribution in [3.05, 3.63) is 28.8 Å². The molecule has 0 amide bonds. The molecule has 0 unspecified atom stereocenters. The monoisotopic (exact) mass is 240 g/mol. The first-order valence-corrected chi connectivity index (χ1v) is 5.86. The second kappa shape index (κ2) is 5.90. The van der Waals surface area contributed by atoms with Crippen molar-refractivity contribution in [2.24, 2.45) is 0 Å². The van der Waals surface area contributed by atoms with E-state index in [2.05, 4.69) is 19.1 Å². The fourth-order valence-electron chi connectivity index (χ4n) is 1.73. The number of halogens is 1. The maximum absolute atomic E-state index is 11.0. The Morgan fingerprint density at radius 2 is 1.81 bits per heavy atom. The molecule has 0 saturated heterocycles. The SMILES string of the molecule is Cc1cc(C)c(OCCC(=O)CCl)c(C)c1. The second-order valence-corrected chi connectivity index (χ2v) is 4.27. The van der Waals surface area contributed by atoms with E-state index in [4.69, 9.17) is 16.3 Å². The van der Waals surface area contributed by atoms with Gasteiger partial charge in [0.1, 0.15) is 5.75 Å². The first kappa shape index (κ1) is 13.0. The van der Waals surface area contributed by atoms with E-state index in [9.17, 15) is 4.79 Å². The van der Waals surface area contributed by atoms with Gasteiger partial charge in [-0.2, -0.15) is 0 Å². The van der Waals surface area contributed by atoms with Crippen molar-refractivity contribution in [3.63, 3.8) is 0 Å². The molecule has 1 aromatic carbocycles. The predicted octanol–water partition coefficient (Wildman–Crippen LogP) is 3.19. The van der Waals surface area contributed by atoms with Gasteiger partial charge in [-0.15, -0.1) is 11.6 Å². The quantitative estimate of drug-likeness (QED) is 0.739. The average Bonchev–Trinajstić information content (AvgIpc) is 2.21. The van der Waals surface area contributed by atoms with Crippen molar-refractivity contribution < 1.29 is 9.53 Å². The molecule has 0 atom stereocenters. The zero-order valence-electron chi connectivity index (χ0n) is 9.97. The van der Waals surface area contributed by atoms with Crippen molar-refractivity contribution >= 4 is 17.4 Å². The first-order valence-electron chi connectivity index (χ1n) is 5.33. The van der Waals surface area contributed by atoms with Crippen LogP contribution in [0.4, 0.5) is 0 Å². The van der Waals surface area contributed by atoms with Gasteiger partial charge in [-0.05, 0) is 31.9 Å². The highest BCUT2D eigenvalue weighted by atomic mass is 35.5. The normalized spacial score (nSPS) is 10.2. The molecule has 0 aromatic heterocycles. The molecule has 0 aliphatic rings. The molecule has 88 valence electrons. The number of ketones is 1. The lowest BCUT2D eigenvalue weighted by Crippen LogP contribution is -2.08. The van der Waals surface area contributed by atoms with E-state index >= 15 is 0 Å². The van der Waals surface area contributed by atoms with Crippen molar-refractivity contribution in [3.8, 4) is 5.75 Å². The van der Waals surface area contributed by atoms with Crippen LogP contribution in [0.3, 0.4) is 0 Å². The van der Waals surface area contributed by atoms with Gasteiger partial charge in [0.15, 0.2) is 5.78 Å². The molecule has 0 spiro atoms. The van der Waals surface area contributed by atoms with Crippen LogP contribution < -0.4 is 4.74 Å². The molecule has 0 saturated carbocycles. The van der Waals surface area contributed by atoms with Crippen LogP contribution >= 0.6 is 11.6 Å². The van der Waals surface area contributed by atoms with E-state index in [1.807, 2.05) is 13.8 Å².